The molecule has 1 aliphatic heterocycles. The van der Waals surface area contributed by atoms with E-state index in [-0.39, 0.29) is 5.91 Å². The zero-order valence-electron chi connectivity index (χ0n) is 13.6. The lowest BCUT2D eigenvalue weighted by molar-refractivity contribution is -0.121. The van der Waals surface area contributed by atoms with E-state index in [4.69, 9.17) is 0 Å². The Balaban J connectivity index is 1.35. The SMILES string of the molecule is Cn1cc(N2CC[C@H](NC(=O)CCCC3CCCC3)C2)cn1. The van der Waals surface area contributed by atoms with Gasteiger partial charge in [-0.1, -0.05) is 25.7 Å². The highest BCUT2D eigenvalue weighted by atomic mass is 16.1. The normalized spacial score (nSPS) is 22.4. The van der Waals surface area contributed by atoms with E-state index in [2.05, 4.69) is 15.3 Å². The van der Waals surface area contributed by atoms with Crippen LogP contribution >= 0.6 is 0 Å². The lowest BCUT2D eigenvalue weighted by Gasteiger charge is -2.17. The van der Waals surface area contributed by atoms with Crippen LogP contribution in [0.3, 0.4) is 0 Å². The first-order valence-corrected chi connectivity index (χ1v) is 8.73. The van der Waals surface area contributed by atoms with Crippen molar-refractivity contribution < 1.29 is 4.79 Å². The molecule has 0 radical (unpaired) electrons. The first-order chi connectivity index (χ1) is 10.7. The average molecular weight is 304 g/mol. The molecule has 122 valence electrons. The number of aromatic nitrogens is 2. The predicted molar refractivity (Wildman–Crippen MR) is 87.8 cm³/mol. The number of hydrogen-bond donors (Lipinski definition) is 1. The molecule has 1 aromatic heterocycles. The Kier molecular flexibility index (Phi) is 5.01. The first kappa shape index (κ1) is 15.4. The molecule has 1 aliphatic carbocycles. The van der Waals surface area contributed by atoms with Gasteiger partial charge >= 0.3 is 0 Å². The standard InChI is InChI=1S/C17H28N4O/c1-20-13-16(11-18-20)21-10-9-15(12-21)19-17(22)8-4-7-14-5-2-3-6-14/h11,13-15H,2-10,12H2,1H3,(H,19,22)/t15-/m0/s1. The third-order valence-electron chi connectivity index (χ3n) is 5.10. The molecule has 1 saturated heterocycles. The second kappa shape index (κ2) is 7.16. The Bertz CT molecular complexity index is 493. The summed E-state index contributed by atoms with van der Waals surface area (Å²) in [5.41, 5.74) is 1.15. The minimum atomic E-state index is 0.232. The van der Waals surface area contributed by atoms with E-state index >= 15 is 0 Å². The van der Waals surface area contributed by atoms with E-state index in [9.17, 15) is 4.79 Å². The quantitative estimate of drug-likeness (QED) is 0.878. The maximum Gasteiger partial charge on any atom is 0.220 e. The number of amides is 1. The van der Waals surface area contributed by atoms with E-state index in [1.807, 2.05) is 24.1 Å². The van der Waals surface area contributed by atoms with Crippen LogP contribution in [0.5, 0.6) is 0 Å². The maximum atomic E-state index is 12.1. The molecule has 0 aromatic carbocycles. The highest BCUT2D eigenvalue weighted by Gasteiger charge is 2.24. The molecular formula is C17H28N4O. The largest absolute Gasteiger partial charge is 0.367 e. The van der Waals surface area contributed by atoms with Gasteiger partial charge in [-0.15, -0.1) is 0 Å². The summed E-state index contributed by atoms with van der Waals surface area (Å²) >= 11 is 0. The van der Waals surface area contributed by atoms with Crippen LogP contribution in [-0.4, -0.2) is 34.8 Å². The van der Waals surface area contributed by atoms with E-state index in [0.717, 1.165) is 37.5 Å². The summed E-state index contributed by atoms with van der Waals surface area (Å²) in [7, 11) is 1.93. The van der Waals surface area contributed by atoms with Gasteiger partial charge in [-0.2, -0.15) is 5.10 Å². The molecule has 1 N–H and O–H groups in total. The molecule has 22 heavy (non-hydrogen) atoms. The molecule has 1 saturated carbocycles. The Hall–Kier alpha value is -1.52. The van der Waals surface area contributed by atoms with Crippen LogP contribution in [0.25, 0.3) is 0 Å². The van der Waals surface area contributed by atoms with Crippen molar-refractivity contribution in [2.75, 3.05) is 18.0 Å². The van der Waals surface area contributed by atoms with Crippen LogP contribution in [0.15, 0.2) is 12.4 Å². The number of nitrogens with zero attached hydrogens (tertiary/aromatic N) is 3. The van der Waals surface area contributed by atoms with E-state index in [0.29, 0.717) is 12.5 Å². The summed E-state index contributed by atoms with van der Waals surface area (Å²) in [5, 5.41) is 7.42. The number of anilines is 1. The van der Waals surface area contributed by atoms with Crippen molar-refractivity contribution in [3.63, 3.8) is 0 Å². The summed E-state index contributed by atoms with van der Waals surface area (Å²) in [6.07, 6.45) is 13.5. The molecule has 5 heteroatoms. The predicted octanol–water partition coefficient (Wildman–Crippen LogP) is 2.48. The molecular weight excluding hydrogens is 276 g/mol. The fraction of sp³-hybridized carbons (Fsp3) is 0.765. The van der Waals surface area contributed by atoms with Crippen LogP contribution in [0.2, 0.25) is 0 Å². The zero-order chi connectivity index (χ0) is 15.4. The van der Waals surface area contributed by atoms with Gasteiger partial charge in [0.05, 0.1) is 11.9 Å². The van der Waals surface area contributed by atoms with Gasteiger partial charge in [0.1, 0.15) is 0 Å². The zero-order valence-corrected chi connectivity index (χ0v) is 13.6. The van der Waals surface area contributed by atoms with Crippen molar-refractivity contribution in [3.05, 3.63) is 12.4 Å². The summed E-state index contributed by atoms with van der Waals surface area (Å²) in [4.78, 5) is 14.4. The number of carbonyl (C=O) groups excluding carboxylic acids is 1. The highest BCUT2D eigenvalue weighted by Crippen LogP contribution is 2.28. The molecule has 1 amide bonds. The van der Waals surface area contributed by atoms with Crippen LogP contribution in [0, 0.1) is 5.92 Å². The molecule has 1 aromatic rings. The topological polar surface area (TPSA) is 50.2 Å². The number of hydrogen-bond acceptors (Lipinski definition) is 3. The molecule has 0 unspecified atom stereocenters. The number of rotatable bonds is 6. The number of carbonyl (C=O) groups is 1. The monoisotopic (exact) mass is 304 g/mol. The second-order valence-corrected chi connectivity index (χ2v) is 6.91. The van der Waals surface area contributed by atoms with Crippen molar-refractivity contribution in [1.82, 2.24) is 15.1 Å². The van der Waals surface area contributed by atoms with Crippen LogP contribution < -0.4 is 10.2 Å². The van der Waals surface area contributed by atoms with Gasteiger partial charge in [0.25, 0.3) is 0 Å². The lowest BCUT2D eigenvalue weighted by Crippen LogP contribution is -2.36. The van der Waals surface area contributed by atoms with Crippen molar-refractivity contribution in [3.8, 4) is 0 Å². The fourth-order valence-electron chi connectivity index (χ4n) is 3.83. The van der Waals surface area contributed by atoms with Crippen LogP contribution in [0.1, 0.15) is 51.4 Å². The van der Waals surface area contributed by atoms with Crippen molar-refractivity contribution >= 4 is 11.6 Å². The second-order valence-electron chi connectivity index (χ2n) is 6.91. The van der Waals surface area contributed by atoms with Crippen LogP contribution in [-0.2, 0) is 11.8 Å². The van der Waals surface area contributed by atoms with E-state index in [1.165, 1.54) is 32.1 Å². The fourth-order valence-corrected chi connectivity index (χ4v) is 3.83. The minimum Gasteiger partial charge on any atom is -0.367 e. The molecule has 0 bridgehead atoms. The summed E-state index contributed by atoms with van der Waals surface area (Å²) in [6, 6.07) is 0.291. The molecule has 3 rings (SSSR count). The van der Waals surface area contributed by atoms with Gasteiger partial charge in [-0.05, 0) is 25.2 Å². The Morgan fingerprint density at radius 3 is 2.91 bits per heavy atom. The van der Waals surface area contributed by atoms with E-state index in [1.54, 1.807) is 0 Å². The molecule has 1 atom stereocenters. The van der Waals surface area contributed by atoms with Gasteiger partial charge in [0, 0.05) is 38.8 Å². The molecule has 2 aliphatic rings. The van der Waals surface area contributed by atoms with Crippen molar-refractivity contribution in [2.45, 2.75) is 57.4 Å². The van der Waals surface area contributed by atoms with Gasteiger partial charge in [-0.3, -0.25) is 9.48 Å². The third-order valence-corrected chi connectivity index (χ3v) is 5.10. The van der Waals surface area contributed by atoms with Gasteiger partial charge in [-0.25, -0.2) is 0 Å². The highest BCUT2D eigenvalue weighted by molar-refractivity contribution is 5.76. The Morgan fingerprint density at radius 1 is 1.36 bits per heavy atom. The Labute approximate surface area is 133 Å². The van der Waals surface area contributed by atoms with Gasteiger partial charge in [0.2, 0.25) is 5.91 Å². The summed E-state index contributed by atoms with van der Waals surface area (Å²) < 4.78 is 1.82. The average Bonchev–Trinajstić information content (AvgIpc) is 3.20. The number of nitrogens with one attached hydrogen (secondary N) is 1. The maximum absolute atomic E-state index is 12.1. The molecule has 5 nitrogen and oxygen atoms in total. The van der Waals surface area contributed by atoms with Gasteiger partial charge < -0.3 is 10.2 Å². The van der Waals surface area contributed by atoms with Crippen molar-refractivity contribution in [1.29, 1.82) is 0 Å². The molecule has 2 fully saturated rings. The van der Waals surface area contributed by atoms with Gasteiger partial charge in [0.15, 0.2) is 0 Å². The summed E-state index contributed by atoms with van der Waals surface area (Å²) in [5.74, 6) is 1.12. The lowest BCUT2D eigenvalue weighted by atomic mass is 10.0. The number of aryl methyl sites for hydroxylation is 1. The van der Waals surface area contributed by atoms with Crippen LogP contribution in [0.4, 0.5) is 5.69 Å². The smallest absolute Gasteiger partial charge is 0.220 e. The molecule has 2 heterocycles. The molecule has 0 spiro atoms. The Morgan fingerprint density at radius 2 is 2.18 bits per heavy atom. The summed E-state index contributed by atoms with van der Waals surface area (Å²) in [6.45, 7) is 1.90. The van der Waals surface area contributed by atoms with E-state index < -0.39 is 0 Å². The first-order valence-electron chi connectivity index (χ1n) is 8.73. The minimum absolute atomic E-state index is 0.232. The van der Waals surface area contributed by atoms with Crippen molar-refractivity contribution in [2.24, 2.45) is 13.0 Å². The third kappa shape index (κ3) is 4.02.